The van der Waals surface area contributed by atoms with Crippen LogP contribution in [-0.4, -0.2) is 35.8 Å². The third-order valence-corrected chi connectivity index (χ3v) is 5.09. The maximum Gasteiger partial charge on any atom is 0.241 e. The van der Waals surface area contributed by atoms with Crippen molar-refractivity contribution in [3.63, 3.8) is 0 Å². The first-order valence-electron chi connectivity index (χ1n) is 8.88. The van der Waals surface area contributed by atoms with E-state index in [1.165, 1.54) is 0 Å². The number of carbonyl (C=O) groups is 2. The molecule has 0 aromatic heterocycles. The average Bonchev–Trinajstić information content (AvgIpc) is 3.12. The first-order chi connectivity index (χ1) is 13.0. The molecule has 0 radical (unpaired) electrons. The van der Waals surface area contributed by atoms with Gasteiger partial charge in [0.05, 0.1) is 16.8 Å². The summed E-state index contributed by atoms with van der Waals surface area (Å²) in [4.78, 5) is 26.8. The summed E-state index contributed by atoms with van der Waals surface area (Å²) in [5, 5.41) is 6.66. The molecule has 2 aromatic rings. The number of likely N-dealkylation sites (tertiary alicyclic amines) is 1. The monoisotopic (exact) mass is 405 g/mol. The van der Waals surface area contributed by atoms with Crippen LogP contribution in [-0.2, 0) is 9.59 Å². The zero-order valence-corrected chi connectivity index (χ0v) is 16.3. The molecular weight excluding hydrogens is 385 g/mol. The summed E-state index contributed by atoms with van der Waals surface area (Å²) in [5.74, 6) is -0.173. The predicted octanol–water partition coefficient (Wildman–Crippen LogP) is 4.43. The van der Waals surface area contributed by atoms with Gasteiger partial charge in [0.1, 0.15) is 0 Å². The van der Waals surface area contributed by atoms with E-state index in [-0.39, 0.29) is 17.9 Å². The SMILES string of the molecule is O=C(CCN1CCC[C@H]1C(=O)Nc1ccc(Cl)cc1Cl)Nc1ccccc1. The second-order valence-corrected chi connectivity index (χ2v) is 7.32. The molecule has 2 N–H and O–H groups in total. The normalized spacial score (nSPS) is 16.9. The molecule has 0 aliphatic carbocycles. The summed E-state index contributed by atoms with van der Waals surface area (Å²) in [6, 6.07) is 14.0. The number of benzene rings is 2. The first-order valence-corrected chi connectivity index (χ1v) is 9.63. The highest BCUT2D eigenvalue weighted by molar-refractivity contribution is 6.36. The lowest BCUT2D eigenvalue weighted by Gasteiger charge is -2.23. The number of nitrogens with zero attached hydrogens (tertiary/aromatic N) is 1. The summed E-state index contributed by atoms with van der Waals surface area (Å²) in [5.41, 5.74) is 1.32. The molecule has 7 heteroatoms. The van der Waals surface area contributed by atoms with Gasteiger partial charge >= 0.3 is 0 Å². The lowest BCUT2D eigenvalue weighted by atomic mass is 10.2. The molecule has 1 aliphatic rings. The van der Waals surface area contributed by atoms with Gasteiger partial charge in [-0.2, -0.15) is 0 Å². The minimum Gasteiger partial charge on any atom is -0.326 e. The van der Waals surface area contributed by atoms with Crippen molar-refractivity contribution in [3.8, 4) is 0 Å². The van der Waals surface area contributed by atoms with Gasteiger partial charge in [-0.3, -0.25) is 14.5 Å². The van der Waals surface area contributed by atoms with Gasteiger partial charge in [0.15, 0.2) is 0 Å². The third-order valence-electron chi connectivity index (χ3n) is 4.54. The third kappa shape index (κ3) is 5.45. The van der Waals surface area contributed by atoms with Crippen LogP contribution in [0, 0.1) is 0 Å². The zero-order valence-electron chi connectivity index (χ0n) is 14.8. The van der Waals surface area contributed by atoms with Crippen LogP contribution in [0.1, 0.15) is 19.3 Å². The topological polar surface area (TPSA) is 61.4 Å². The van der Waals surface area contributed by atoms with E-state index < -0.39 is 0 Å². The van der Waals surface area contributed by atoms with Gasteiger partial charge in [0, 0.05) is 23.7 Å². The van der Waals surface area contributed by atoms with Gasteiger partial charge in [0.25, 0.3) is 0 Å². The maximum absolute atomic E-state index is 12.7. The first kappa shape index (κ1) is 19.7. The van der Waals surface area contributed by atoms with Crippen molar-refractivity contribution >= 4 is 46.4 Å². The Kier molecular flexibility index (Phi) is 6.72. The van der Waals surface area contributed by atoms with E-state index >= 15 is 0 Å². The zero-order chi connectivity index (χ0) is 19.2. The number of rotatable bonds is 6. The number of nitrogens with one attached hydrogen (secondary N) is 2. The molecule has 0 saturated carbocycles. The predicted molar refractivity (Wildman–Crippen MR) is 109 cm³/mol. The minimum atomic E-state index is -0.263. The number of para-hydroxylation sites is 1. The summed E-state index contributed by atoms with van der Waals surface area (Å²) in [7, 11) is 0. The quantitative estimate of drug-likeness (QED) is 0.747. The molecule has 5 nitrogen and oxygen atoms in total. The van der Waals surface area contributed by atoms with Crippen molar-refractivity contribution < 1.29 is 9.59 Å². The number of hydrogen-bond donors (Lipinski definition) is 2. The van der Waals surface area contributed by atoms with Gasteiger partial charge in [-0.15, -0.1) is 0 Å². The van der Waals surface area contributed by atoms with Crippen molar-refractivity contribution in [2.24, 2.45) is 0 Å². The Labute approximate surface area is 168 Å². The number of halogens is 2. The molecule has 2 amide bonds. The minimum absolute atomic E-state index is 0.0620. The largest absolute Gasteiger partial charge is 0.326 e. The van der Waals surface area contributed by atoms with Gasteiger partial charge < -0.3 is 10.6 Å². The Bertz CT molecular complexity index is 814. The Morgan fingerprint density at radius 3 is 2.59 bits per heavy atom. The number of hydrogen-bond acceptors (Lipinski definition) is 3. The smallest absolute Gasteiger partial charge is 0.241 e. The van der Waals surface area contributed by atoms with Gasteiger partial charge in [-0.1, -0.05) is 41.4 Å². The molecule has 142 valence electrons. The van der Waals surface area contributed by atoms with Gasteiger partial charge in [-0.05, 0) is 49.7 Å². The molecule has 1 atom stereocenters. The van der Waals surface area contributed by atoms with Crippen LogP contribution < -0.4 is 10.6 Å². The molecule has 3 rings (SSSR count). The molecule has 0 spiro atoms. The van der Waals surface area contributed by atoms with Crippen molar-refractivity contribution in [3.05, 3.63) is 58.6 Å². The lowest BCUT2D eigenvalue weighted by Crippen LogP contribution is -2.41. The fourth-order valence-electron chi connectivity index (χ4n) is 3.19. The number of carbonyl (C=O) groups excluding carboxylic acids is 2. The van der Waals surface area contributed by atoms with E-state index in [2.05, 4.69) is 10.6 Å². The van der Waals surface area contributed by atoms with E-state index in [0.717, 1.165) is 25.1 Å². The number of amides is 2. The van der Waals surface area contributed by atoms with Crippen LogP contribution in [0.25, 0.3) is 0 Å². The molecular formula is C20H21Cl2N3O2. The van der Waals surface area contributed by atoms with Crippen LogP contribution in [0.5, 0.6) is 0 Å². The Morgan fingerprint density at radius 1 is 1.07 bits per heavy atom. The number of anilines is 2. The molecule has 1 saturated heterocycles. The second kappa shape index (κ2) is 9.22. The van der Waals surface area contributed by atoms with Gasteiger partial charge in [0.2, 0.25) is 11.8 Å². The highest BCUT2D eigenvalue weighted by Gasteiger charge is 2.31. The van der Waals surface area contributed by atoms with Gasteiger partial charge in [-0.25, -0.2) is 0 Å². The molecule has 27 heavy (non-hydrogen) atoms. The van der Waals surface area contributed by atoms with Crippen LogP contribution in [0.4, 0.5) is 11.4 Å². The van der Waals surface area contributed by atoms with Crippen LogP contribution in [0.2, 0.25) is 10.0 Å². The summed E-state index contributed by atoms with van der Waals surface area (Å²) >= 11 is 12.0. The van der Waals surface area contributed by atoms with Crippen molar-refractivity contribution in [1.29, 1.82) is 0 Å². The van der Waals surface area contributed by atoms with E-state index in [9.17, 15) is 9.59 Å². The van der Waals surface area contributed by atoms with E-state index in [1.54, 1.807) is 18.2 Å². The average molecular weight is 406 g/mol. The summed E-state index contributed by atoms with van der Waals surface area (Å²) in [6.45, 7) is 1.33. The van der Waals surface area contributed by atoms with E-state index in [0.29, 0.717) is 28.7 Å². The summed E-state index contributed by atoms with van der Waals surface area (Å²) < 4.78 is 0. The second-order valence-electron chi connectivity index (χ2n) is 6.47. The summed E-state index contributed by atoms with van der Waals surface area (Å²) in [6.07, 6.45) is 2.02. The van der Waals surface area contributed by atoms with Crippen LogP contribution in [0.3, 0.4) is 0 Å². The molecule has 1 fully saturated rings. The van der Waals surface area contributed by atoms with Crippen molar-refractivity contribution in [1.82, 2.24) is 4.90 Å². The fourth-order valence-corrected chi connectivity index (χ4v) is 3.64. The van der Waals surface area contributed by atoms with E-state index in [4.69, 9.17) is 23.2 Å². The fraction of sp³-hybridized carbons (Fsp3) is 0.300. The molecule has 1 aliphatic heterocycles. The molecule has 0 unspecified atom stereocenters. The molecule has 2 aromatic carbocycles. The van der Waals surface area contributed by atoms with E-state index in [1.807, 2.05) is 35.2 Å². The van der Waals surface area contributed by atoms with Crippen molar-refractivity contribution in [2.45, 2.75) is 25.3 Å². The Hall–Kier alpha value is -2.08. The Balaban J connectivity index is 1.53. The highest BCUT2D eigenvalue weighted by Crippen LogP contribution is 2.27. The molecule has 0 bridgehead atoms. The van der Waals surface area contributed by atoms with Crippen molar-refractivity contribution in [2.75, 3.05) is 23.7 Å². The Morgan fingerprint density at radius 2 is 1.85 bits per heavy atom. The molecule has 1 heterocycles. The lowest BCUT2D eigenvalue weighted by molar-refractivity contribution is -0.121. The standard InChI is InChI=1S/C20H21Cl2N3O2/c21-14-8-9-17(16(22)13-14)24-20(27)18-7-4-11-25(18)12-10-19(26)23-15-5-2-1-3-6-15/h1-3,5-6,8-9,13,18H,4,7,10-12H2,(H,23,26)(H,24,27)/t18-/m0/s1. The van der Waals surface area contributed by atoms with Crippen LogP contribution >= 0.6 is 23.2 Å². The maximum atomic E-state index is 12.7. The van der Waals surface area contributed by atoms with Crippen LogP contribution in [0.15, 0.2) is 48.5 Å². The highest BCUT2D eigenvalue weighted by atomic mass is 35.5.